The minimum absolute atomic E-state index is 0.131. The van der Waals surface area contributed by atoms with Crippen molar-refractivity contribution in [1.29, 1.82) is 0 Å². The molecule has 0 saturated carbocycles. The van der Waals surface area contributed by atoms with Crippen molar-refractivity contribution in [2.75, 3.05) is 32.8 Å². The molecule has 0 aromatic rings. The molecule has 22 heteroatoms. The molecule has 0 bridgehead atoms. The van der Waals surface area contributed by atoms with Gasteiger partial charge in [-0.1, -0.05) is 13.8 Å². The van der Waals surface area contributed by atoms with E-state index in [1.807, 2.05) is 5.32 Å². The zero-order chi connectivity index (χ0) is 36.3. The van der Waals surface area contributed by atoms with Gasteiger partial charge in [0.2, 0.25) is 35.4 Å². The first-order valence-corrected chi connectivity index (χ1v) is 14.2. The number of carbonyl (C=O) groups excluding carboxylic acids is 6. The number of nitrogens with one attached hydrogen (secondary N) is 6. The van der Waals surface area contributed by atoms with E-state index in [1.165, 1.54) is 13.8 Å². The van der Waals surface area contributed by atoms with Crippen molar-refractivity contribution in [2.45, 2.75) is 63.3 Å². The van der Waals surface area contributed by atoms with Gasteiger partial charge in [-0.25, -0.2) is 4.79 Å². The number of aliphatic hydroxyl groups excluding tert-OH is 2. The van der Waals surface area contributed by atoms with Crippen molar-refractivity contribution in [1.82, 2.24) is 31.9 Å². The molecular formula is C25H44N10O12. The second-order valence-corrected chi connectivity index (χ2v) is 10.3. The number of hydrogen-bond donors (Lipinski definition) is 13. The maximum Gasteiger partial charge on any atom is 0.326 e. The molecule has 5 atom stereocenters. The van der Waals surface area contributed by atoms with Crippen molar-refractivity contribution in [2.24, 2.45) is 28.1 Å². The summed E-state index contributed by atoms with van der Waals surface area (Å²) in [6, 6.07) is -7.39. The molecule has 0 saturated heterocycles. The van der Waals surface area contributed by atoms with Gasteiger partial charge in [-0.15, -0.1) is 0 Å². The van der Waals surface area contributed by atoms with E-state index >= 15 is 0 Å². The molecule has 0 aliphatic rings. The number of carboxylic acid groups (broad SMARTS) is 2. The lowest BCUT2D eigenvalue weighted by Gasteiger charge is -2.24. The monoisotopic (exact) mass is 676 g/mol. The highest BCUT2D eigenvalue weighted by molar-refractivity contribution is 5.96. The van der Waals surface area contributed by atoms with E-state index in [4.69, 9.17) is 22.3 Å². The Morgan fingerprint density at radius 3 is 1.66 bits per heavy atom. The maximum atomic E-state index is 12.5. The van der Waals surface area contributed by atoms with Crippen molar-refractivity contribution in [3.05, 3.63) is 0 Å². The summed E-state index contributed by atoms with van der Waals surface area (Å²) in [6.07, 6.45) is -0.369. The third-order valence-electron chi connectivity index (χ3n) is 6.06. The number of hydrogen-bond acceptors (Lipinski definition) is 12. The summed E-state index contributed by atoms with van der Waals surface area (Å²) >= 11 is 0. The van der Waals surface area contributed by atoms with Crippen LogP contribution in [0.3, 0.4) is 0 Å². The zero-order valence-electron chi connectivity index (χ0n) is 25.9. The van der Waals surface area contributed by atoms with Crippen LogP contribution in [0.4, 0.5) is 0 Å². The molecule has 0 rings (SSSR count). The van der Waals surface area contributed by atoms with Gasteiger partial charge in [-0.05, 0) is 18.8 Å². The molecule has 0 aliphatic heterocycles. The summed E-state index contributed by atoms with van der Waals surface area (Å²) in [4.78, 5) is 100. The van der Waals surface area contributed by atoms with Crippen molar-refractivity contribution >= 4 is 53.3 Å². The molecule has 0 radical (unpaired) electrons. The standard InChI is InChI=1S/C25H44N10O12/c1-11(2)19(24(46)47)35-23(45)15(10-37)34-22(44)14(9-36)33-17(39)8-31-21(43)13(6-18(40)41)32-16(38)7-30-20(42)12(26)4-3-5-29-25(27)28/h11-15,19,36-37H,3-10,26H2,1-2H3,(H,30,42)(H,31,43)(H,32,38)(H,33,39)(H,34,44)(H,35,45)(H,40,41)(H,46,47)(H4,27,28,29)/t12-,13-,14-,15-,19-/m0/s1. The Bertz CT molecular complexity index is 1160. The average molecular weight is 677 g/mol. The van der Waals surface area contributed by atoms with Crippen molar-refractivity contribution in [3.8, 4) is 0 Å². The molecule has 0 aliphatic carbocycles. The first-order valence-electron chi connectivity index (χ1n) is 14.2. The van der Waals surface area contributed by atoms with Crippen LogP contribution < -0.4 is 49.1 Å². The summed E-state index contributed by atoms with van der Waals surface area (Å²) in [7, 11) is 0. The number of amides is 6. The van der Waals surface area contributed by atoms with Crippen LogP contribution in [0.1, 0.15) is 33.1 Å². The zero-order valence-corrected chi connectivity index (χ0v) is 25.9. The lowest BCUT2D eigenvalue weighted by Crippen LogP contribution is -2.59. The molecule has 0 aromatic heterocycles. The lowest BCUT2D eigenvalue weighted by atomic mass is 10.0. The first kappa shape index (κ1) is 41.9. The molecule has 22 nitrogen and oxygen atoms in total. The first-order chi connectivity index (χ1) is 21.9. The van der Waals surface area contributed by atoms with Crippen LogP contribution in [0.25, 0.3) is 0 Å². The van der Waals surface area contributed by atoms with Gasteiger partial charge in [0.25, 0.3) is 0 Å². The van der Waals surface area contributed by atoms with Gasteiger partial charge in [-0.3, -0.25) is 38.6 Å². The molecule has 0 heterocycles. The van der Waals surface area contributed by atoms with Gasteiger partial charge in [0, 0.05) is 6.54 Å². The third-order valence-corrected chi connectivity index (χ3v) is 6.06. The van der Waals surface area contributed by atoms with E-state index < -0.39 is 116 Å². The average Bonchev–Trinajstić information content (AvgIpc) is 2.99. The van der Waals surface area contributed by atoms with Gasteiger partial charge < -0.3 is 69.5 Å². The molecule has 16 N–H and O–H groups in total. The Morgan fingerprint density at radius 1 is 0.702 bits per heavy atom. The van der Waals surface area contributed by atoms with Crippen molar-refractivity contribution in [3.63, 3.8) is 0 Å². The number of guanidine groups is 1. The maximum absolute atomic E-state index is 12.5. The molecule has 0 fully saturated rings. The topological polar surface area (TPSA) is 380 Å². The molecular weight excluding hydrogens is 632 g/mol. The highest BCUT2D eigenvalue weighted by Gasteiger charge is 2.31. The van der Waals surface area contributed by atoms with Gasteiger partial charge in [0.05, 0.1) is 38.8 Å². The Morgan fingerprint density at radius 2 is 1.19 bits per heavy atom. The normalized spacial score (nSPS) is 13.8. The molecule has 47 heavy (non-hydrogen) atoms. The number of aliphatic imine (C=N–C) groups is 1. The smallest absolute Gasteiger partial charge is 0.326 e. The quantitative estimate of drug-likeness (QED) is 0.0288. The third kappa shape index (κ3) is 17.3. The van der Waals surface area contributed by atoms with Crippen LogP contribution in [-0.2, 0) is 38.4 Å². The summed E-state index contributed by atoms with van der Waals surface area (Å²) in [5, 5.41) is 50.0. The van der Waals surface area contributed by atoms with Crippen LogP contribution in [0, 0.1) is 5.92 Å². The Balaban J connectivity index is 5.05. The lowest BCUT2D eigenvalue weighted by molar-refractivity contribution is -0.144. The Labute approximate surface area is 268 Å². The summed E-state index contributed by atoms with van der Waals surface area (Å²) in [6.45, 7) is -0.245. The van der Waals surface area contributed by atoms with E-state index in [0.717, 1.165) is 0 Å². The van der Waals surface area contributed by atoms with Gasteiger partial charge >= 0.3 is 11.9 Å². The van der Waals surface area contributed by atoms with Crippen LogP contribution >= 0.6 is 0 Å². The highest BCUT2D eigenvalue weighted by atomic mass is 16.4. The number of carboxylic acids is 2. The SMILES string of the molecule is CC(C)[C@H](NC(=O)[C@H](CO)NC(=O)[C@H](CO)NC(=O)CNC(=O)[C@H](CC(=O)O)NC(=O)CNC(=O)[C@@H](N)CCCN=C(N)N)C(=O)O. The minimum Gasteiger partial charge on any atom is -0.481 e. The van der Waals surface area contributed by atoms with E-state index in [1.54, 1.807) is 0 Å². The van der Waals surface area contributed by atoms with Gasteiger partial charge in [0.1, 0.15) is 24.2 Å². The molecule has 266 valence electrons. The Hall–Kier alpha value is -5.09. The predicted molar refractivity (Wildman–Crippen MR) is 161 cm³/mol. The number of carbonyl (C=O) groups is 8. The number of aliphatic hydroxyl groups is 2. The second-order valence-electron chi connectivity index (χ2n) is 10.3. The fourth-order valence-corrected chi connectivity index (χ4v) is 3.54. The summed E-state index contributed by atoms with van der Waals surface area (Å²) < 4.78 is 0. The molecule has 0 aromatic carbocycles. The van der Waals surface area contributed by atoms with Crippen LogP contribution in [0.5, 0.6) is 0 Å². The summed E-state index contributed by atoms with van der Waals surface area (Å²) in [5.74, 6) is -9.59. The van der Waals surface area contributed by atoms with E-state index in [0.29, 0.717) is 6.42 Å². The molecule has 0 unspecified atom stereocenters. The van der Waals surface area contributed by atoms with Crippen LogP contribution in [0.2, 0.25) is 0 Å². The van der Waals surface area contributed by atoms with E-state index in [-0.39, 0.29) is 18.9 Å². The van der Waals surface area contributed by atoms with Gasteiger partial charge in [0.15, 0.2) is 5.96 Å². The fraction of sp³-hybridized carbons (Fsp3) is 0.640. The second kappa shape index (κ2) is 21.6. The molecule has 6 amide bonds. The van der Waals surface area contributed by atoms with Crippen LogP contribution in [0.15, 0.2) is 4.99 Å². The Kier molecular flexibility index (Phi) is 19.3. The minimum atomic E-state index is -1.70. The number of rotatable bonds is 22. The van der Waals surface area contributed by atoms with Crippen LogP contribution in [-0.4, -0.2) is 137 Å². The number of nitrogens with zero attached hydrogens (tertiary/aromatic N) is 1. The van der Waals surface area contributed by atoms with Crippen molar-refractivity contribution < 1.29 is 58.8 Å². The number of nitrogens with two attached hydrogens (primary N) is 3. The van der Waals surface area contributed by atoms with Gasteiger partial charge in [-0.2, -0.15) is 0 Å². The number of aliphatic carboxylic acids is 2. The largest absolute Gasteiger partial charge is 0.481 e. The predicted octanol–water partition coefficient (Wildman–Crippen LogP) is -7.26. The fourth-order valence-electron chi connectivity index (χ4n) is 3.54. The van der Waals surface area contributed by atoms with E-state index in [9.17, 15) is 53.7 Å². The molecule has 0 spiro atoms. The highest BCUT2D eigenvalue weighted by Crippen LogP contribution is 2.03. The summed E-state index contributed by atoms with van der Waals surface area (Å²) in [5.41, 5.74) is 16.1. The van der Waals surface area contributed by atoms with E-state index in [2.05, 4.69) is 31.6 Å².